The summed E-state index contributed by atoms with van der Waals surface area (Å²) in [5, 5.41) is 3.06. The molecule has 1 amide bonds. The number of aromatic nitrogens is 3. The van der Waals surface area contributed by atoms with Crippen molar-refractivity contribution in [2.24, 2.45) is 0 Å². The Kier molecular flexibility index (Phi) is 5.28. The van der Waals surface area contributed by atoms with E-state index in [0.717, 1.165) is 42.8 Å². The fourth-order valence-electron chi connectivity index (χ4n) is 3.75. The highest BCUT2D eigenvalue weighted by Crippen LogP contribution is 2.32. The smallest absolute Gasteiger partial charge is 0.254 e. The summed E-state index contributed by atoms with van der Waals surface area (Å²) in [4.78, 5) is 28.6. The molecule has 1 saturated heterocycles. The number of rotatable bonds is 4. The van der Waals surface area contributed by atoms with E-state index in [-0.39, 0.29) is 11.9 Å². The van der Waals surface area contributed by atoms with Crippen LogP contribution in [-0.2, 0) is 0 Å². The largest absolute Gasteiger partial charge is 0.371 e. The summed E-state index contributed by atoms with van der Waals surface area (Å²) in [5.41, 5.74) is 3.22. The van der Waals surface area contributed by atoms with Crippen molar-refractivity contribution in [3.05, 3.63) is 72.3 Å². The fourth-order valence-corrected chi connectivity index (χ4v) is 3.75. The van der Waals surface area contributed by atoms with E-state index >= 15 is 0 Å². The molecule has 0 saturated carbocycles. The second-order valence-electron chi connectivity index (χ2n) is 6.85. The third kappa shape index (κ3) is 3.58. The standard InChI is InChI=1S/C22H23N5O/c1-23-21-20(25-12-13-26-21)16-7-6-8-17(15-16)22(28)27-14-5-3-10-19(27)18-9-2-4-11-24-18/h2,4,6-9,11-13,15,19H,3,5,10,14H2,1H3,(H,23,26). The predicted molar refractivity (Wildman–Crippen MR) is 109 cm³/mol. The zero-order chi connectivity index (χ0) is 19.3. The Morgan fingerprint density at radius 1 is 1.04 bits per heavy atom. The number of pyridine rings is 1. The number of hydrogen-bond donors (Lipinski definition) is 1. The molecule has 4 rings (SSSR count). The highest BCUT2D eigenvalue weighted by Gasteiger charge is 2.29. The maximum Gasteiger partial charge on any atom is 0.254 e. The first-order valence-corrected chi connectivity index (χ1v) is 9.59. The summed E-state index contributed by atoms with van der Waals surface area (Å²) in [5.74, 6) is 0.725. The third-order valence-electron chi connectivity index (χ3n) is 5.11. The lowest BCUT2D eigenvalue weighted by atomic mass is 9.97. The number of nitrogens with zero attached hydrogens (tertiary/aromatic N) is 4. The normalized spacial score (nSPS) is 16.6. The van der Waals surface area contributed by atoms with Crippen LogP contribution in [0.15, 0.2) is 61.1 Å². The lowest BCUT2D eigenvalue weighted by molar-refractivity contribution is 0.0606. The molecule has 6 nitrogen and oxygen atoms in total. The lowest BCUT2D eigenvalue weighted by Crippen LogP contribution is -2.38. The predicted octanol–water partition coefficient (Wildman–Crippen LogP) is 3.95. The van der Waals surface area contributed by atoms with E-state index in [0.29, 0.717) is 11.4 Å². The van der Waals surface area contributed by atoms with E-state index < -0.39 is 0 Å². The molecule has 1 fully saturated rings. The molecule has 1 aromatic carbocycles. The molecular weight excluding hydrogens is 350 g/mol. The Balaban J connectivity index is 1.66. The topological polar surface area (TPSA) is 71.0 Å². The summed E-state index contributed by atoms with van der Waals surface area (Å²) in [7, 11) is 1.81. The quantitative estimate of drug-likeness (QED) is 0.750. The van der Waals surface area contributed by atoms with Crippen LogP contribution in [0.1, 0.15) is 41.4 Å². The number of anilines is 1. The average molecular weight is 373 g/mol. The number of carbonyl (C=O) groups excluding carboxylic acids is 1. The van der Waals surface area contributed by atoms with Crippen LogP contribution in [-0.4, -0.2) is 39.4 Å². The zero-order valence-corrected chi connectivity index (χ0v) is 15.9. The molecule has 6 heteroatoms. The van der Waals surface area contributed by atoms with Crippen LogP contribution in [0.3, 0.4) is 0 Å². The number of hydrogen-bond acceptors (Lipinski definition) is 5. The Hall–Kier alpha value is -3.28. The summed E-state index contributed by atoms with van der Waals surface area (Å²) < 4.78 is 0. The van der Waals surface area contributed by atoms with Crippen molar-refractivity contribution in [1.29, 1.82) is 0 Å². The van der Waals surface area contributed by atoms with Gasteiger partial charge in [-0.15, -0.1) is 0 Å². The maximum atomic E-state index is 13.4. The molecule has 2 aromatic heterocycles. The van der Waals surface area contributed by atoms with Crippen molar-refractivity contribution in [2.75, 3.05) is 18.9 Å². The van der Waals surface area contributed by atoms with Gasteiger partial charge in [-0.25, -0.2) is 4.98 Å². The van der Waals surface area contributed by atoms with E-state index in [2.05, 4.69) is 20.3 Å². The minimum Gasteiger partial charge on any atom is -0.371 e. The Morgan fingerprint density at radius 2 is 1.93 bits per heavy atom. The molecule has 0 radical (unpaired) electrons. The lowest BCUT2D eigenvalue weighted by Gasteiger charge is -2.35. The Bertz CT molecular complexity index is 960. The van der Waals surface area contributed by atoms with Gasteiger partial charge in [0.25, 0.3) is 5.91 Å². The third-order valence-corrected chi connectivity index (χ3v) is 5.11. The molecule has 3 aromatic rings. The summed E-state index contributed by atoms with van der Waals surface area (Å²) in [6.07, 6.45) is 8.16. The Labute approximate surface area is 164 Å². The molecule has 0 aliphatic carbocycles. The van der Waals surface area contributed by atoms with Crippen LogP contribution < -0.4 is 5.32 Å². The summed E-state index contributed by atoms with van der Waals surface area (Å²) >= 11 is 0. The SMILES string of the molecule is CNc1nccnc1-c1cccc(C(=O)N2CCCCC2c2ccccn2)c1. The number of benzene rings is 1. The number of piperidine rings is 1. The molecule has 0 spiro atoms. The average Bonchev–Trinajstić information content (AvgIpc) is 2.79. The molecule has 1 N–H and O–H groups in total. The van der Waals surface area contributed by atoms with E-state index in [1.807, 2.05) is 54.4 Å². The van der Waals surface area contributed by atoms with E-state index in [1.165, 1.54) is 0 Å². The van der Waals surface area contributed by atoms with Gasteiger partial charge in [0.2, 0.25) is 0 Å². The van der Waals surface area contributed by atoms with E-state index in [9.17, 15) is 4.79 Å². The Morgan fingerprint density at radius 3 is 2.75 bits per heavy atom. The fraction of sp³-hybridized carbons (Fsp3) is 0.273. The second kappa shape index (κ2) is 8.17. The van der Waals surface area contributed by atoms with E-state index in [1.54, 1.807) is 18.6 Å². The van der Waals surface area contributed by atoms with Gasteiger partial charge in [0.1, 0.15) is 5.69 Å². The van der Waals surface area contributed by atoms with Crippen molar-refractivity contribution in [3.63, 3.8) is 0 Å². The molecule has 1 aliphatic heterocycles. The molecule has 1 unspecified atom stereocenters. The van der Waals surface area contributed by atoms with Crippen LogP contribution in [0.4, 0.5) is 5.82 Å². The second-order valence-corrected chi connectivity index (χ2v) is 6.85. The minimum absolute atomic E-state index is 0.0236. The van der Waals surface area contributed by atoms with Gasteiger partial charge in [0.05, 0.1) is 11.7 Å². The first kappa shape index (κ1) is 18.1. The number of nitrogens with one attached hydrogen (secondary N) is 1. The molecule has 3 heterocycles. The first-order valence-electron chi connectivity index (χ1n) is 9.59. The van der Waals surface area contributed by atoms with Crippen LogP contribution in [0, 0.1) is 0 Å². The van der Waals surface area contributed by atoms with Crippen molar-refractivity contribution < 1.29 is 4.79 Å². The molecule has 1 atom stereocenters. The van der Waals surface area contributed by atoms with Crippen molar-refractivity contribution >= 4 is 11.7 Å². The van der Waals surface area contributed by atoms with Gasteiger partial charge in [-0.05, 0) is 43.5 Å². The summed E-state index contributed by atoms with van der Waals surface area (Å²) in [6.45, 7) is 0.747. The maximum absolute atomic E-state index is 13.4. The van der Waals surface area contributed by atoms with Crippen molar-refractivity contribution in [3.8, 4) is 11.3 Å². The van der Waals surface area contributed by atoms with Gasteiger partial charge in [0, 0.05) is 43.3 Å². The number of amides is 1. The monoisotopic (exact) mass is 373 g/mol. The minimum atomic E-state index is 0.0236. The van der Waals surface area contributed by atoms with Crippen molar-refractivity contribution in [2.45, 2.75) is 25.3 Å². The van der Waals surface area contributed by atoms with Crippen LogP contribution in [0.25, 0.3) is 11.3 Å². The van der Waals surface area contributed by atoms with Crippen LogP contribution >= 0.6 is 0 Å². The molecule has 142 valence electrons. The number of carbonyl (C=O) groups is 1. The summed E-state index contributed by atoms with van der Waals surface area (Å²) in [6, 6.07) is 13.5. The van der Waals surface area contributed by atoms with Crippen LogP contribution in [0.5, 0.6) is 0 Å². The molecule has 0 bridgehead atoms. The van der Waals surface area contributed by atoms with Gasteiger partial charge in [-0.1, -0.05) is 18.2 Å². The van der Waals surface area contributed by atoms with Gasteiger partial charge in [0.15, 0.2) is 5.82 Å². The molecular formula is C22H23N5O. The van der Waals surface area contributed by atoms with Gasteiger partial charge < -0.3 is 10.2 Å². The van der Waals surface area contributed by atoms with Gasteiger partial charge in [-0.2, -0.15) is 0 Å². The highest BCUT2D eigenvalue weighted by molar-refractivity contribution is 5.96. The van der Waals surface area contributed by atoms with Crippen LogP contribution in [0.2, 0.25) is 0 Å². The molecule has 28 heavy (non-hydrogen) atoms. The van der Waals surface area contributed by atoms with Crippen molar-refractivity contribution in [1.82, 2.24) is 19.9 Å². The van der Waals surface area contributed by atoms with E-state index in [4.69, 9.17) is 0 Å². The van der Waals surface area contributed by atoms with Gasteiger partial charge in [-0.3, -0.25) is 14.8 Å². The number of likely N-dealkylation sites (tertiary alicyclic amines) is 1. The molecule has 1 aliphatic rings. The zero-order valence-electron chi connectivity index (χ0n) is 15.9. The van der Waals surface area contributed by atoms with Gasteiger partial charge >= 0.3 is 0 Å². The first-order chi connectivity index (χ1) is 13.8. The highest BCUT2D eigenvalue weighted by atomic mass is 16.2.